The molecule has 0 saturated heterocycles. The zero-order valence-corrected chi connectivity index (χ0v) is 29.4. The van der Waals surface area contributed by atoms with E-state index in [1.165, 1.54) is 0 Å². The van der Waals surface area contributed by atoms with Crippen molar-refractivity contribution in [3.63, 3.8) is 0 Å². The zero-order chi connectivity index (χ0) is 9.00. The standard InChI is InChI=1S/3Cs.2H2O4Se/c;;;2*1-5(2,3)4/h;;;2*(H2,1,2,3,4)/q;2*+1;;/p-2. The van der Waals surface area contributed by atoms with Crippen molar-refractivity contribution in [3.8, 4) is 0 Å². The van der Waals surface area contributed by atoms with Crippen molar-refractivity contribution in [2.24, 2.45) is 0 Å². The molecule has 65 valence electrons. The van der Waals surface area contributed by atoms with Crippen LogP contribution in [0, 0.1) is 0 Å². The summed E-state index contributed by atoms with van der Waals surface area (Å²) in [6, 6.07) is 0. The Kier molecular flexibility index (Phi) is 39.6. The van der Waals surface area contributed by atoms with E-state index >= 15 is 0 Å². The average Bonchev–Trinajstić information content (AvgIpc) is 1.12. The molecular weight excluding hydrogens is 685 g/mol. The molecule has 0 aromatic carbocycles. The number of rotatable bonds is 0. The van der Waals surface area contributed by atoms with Crippen LogP contribution in [0.15, 0.2) is 0 Å². The van der Waals surface area contributed by atoms with Crippen LogP contribution in [-0.4, -0.2) is 104 Å². The van der Waals surface area contributed by atoms with Gasteiger partial charge in [-0.15, -0.1) is 0 Å². The summed E-state index contributed by atoms with van der Waals surface area (Å²) in [5.74, 6) is 0. The van der Waals surface area contributed by atoms with Crippen molar-refractivity contribution in [1.82, 2.24) is 0 Å². The number of hydrogen-bond donors (Lipinski definition) is 2. The van der Waals surface area contributed by atoms with Crippen LogP contribution in [0.2, 0.25) is 0 Å². The fourth-order valence-electron chi connectivity index (χ4n) is 0. The van der Waals surface area contributed by atoms with Gasteiger partial charge in [-0.25, -0.2) is 0 Å². The van der Waals surface area contributed by atoms with E-state index in [0.29, 0.717) is 0 Å². The molecule has 8 nitrogen and oxygen atoms in total. The fraction of sp³-hybridized carbons (Fsp3) is 0. The molecule has 0 fully saturated rings. The van der Waals surface area contributed by atoms with Gasteiger partial charge in [0.05, 0.1) is 0 Å². The second kappa shape index (κ2) is 16.3. The normalized spacial score (nSPS) is 8.92. The molecule has 0 bridgehead atoms. The van der Waals surface area contributed by atoms with E-state index in [0.717, 1.165) is 0 Å². The van der Waals surface area contributed by atoms with Crippen molar-refractivity contribution in [2.45, 2.75) is 0 Å². The molecule has 0 aliphatic carbocycles. The first-order valence-electron chi connectivity index (χ1n) is 1.37. The van der Waals surface area contributed by atoms with E-state index in [9.17, 15) is 0 Å². The molecule has 0 heterocycles. The Balaban J connectivity index is -0.0000000267. The third kappa shape index (κ3) is 124. The van der Waals surface area contributed by atoms with Gasteiger partial charge in [0.15, 0.2) is 0 Å². The van der Waals surface area contributed by atoms with Crippen LogP contribution in [0.25, 0.3) is 0 Å². The maximum absolute atomic E-state index is 8.70. The molecule has 0 spiro atoms. The third-order valence-electron chi connectivity index (χ3n) is 0. The van der Waals surface area contributed by atoms with E-state index in [4.69, 9.17) is 32.1 Å². The van der Waals surface area contributed by atoms with E-state index in [1.54, 1.807) is 0 Å². The molecule has 0 aromatic rings. The molecule has 0 saturated carbocycles. The van der Waals surface area contributed by atoms with E-state index in [1.807, 2.05) is 0 Å². The van der Waals surface area contributed by atoms with Crippen LogP contribution in [0.4, 0.5) is 0 Å². The maximum Gasteiger partial charge on any atom is 1.00 e. The van der Waals surface area contributed by atoms with Crippen LogP contribution in [0.3, 0.4) is 0 Å². The maximum atomic E-state index is 8.70. The summed E-state index contributed by atoms with van der Waals surface area (Å²) >= 11 is -11.0. The quantitative estimate of drug-likeness (QED) is 0.238. The van der Waals surface area contributed by atoms with Crippen LogP contribution in [0.5, 0.6) is 0 Å². The van der Waals surface area contributed by atoms with Gasteiger partial charge in [0.1, 0.15) is 0 Å². The Morgan fingerprint density at radius 2 is 0.769 bits per heavy atom. The van der Waals surface area contributed by atoms with Crippen LogP contribution < -0.4 is 146 Å². The molecule has 13 heteroatoms. The van der Waals surface area contributed by atoms with Crippen molar-refractivity contribution < 1.29 is 170 Å². The molecule has 0 rings (SSSR count). The predicted octanol–water partition coefficient (Wildman–Crippen LogP) is -11.1. The van der Waals surface area contributed by atoms with Gasteiger partial charge in [0.2, 0.25) is 0 Å². The van der Waals surface area contributed by atoms with Gasteiger partial charge in [-0.05, 0) is 0 Å². The molecule has 2 N–H and O–H groups in total. The van der Waals surface area contributed by atoms with E-state index < -0.39 is 26.7 Å². The topological polar surface area (TPSA) is 155 Å². The Hall–Kier alpha value is 6.23. The Labute approximate surface area is 255 Å². The summed E-state index contributed by atoms with van der Waals surface area (Å²) in [6.45, 7) is 0. The summed E-state index contributed by atoms with van der Waals surface area (Å²) in [6.07, 6.45) is 0. The zero-order valence-electron chi connectivity index (χ0n) is 7.16. The minimum atomic E-state index is -5.50. The Bertz CT molecular complexity index is 214. The second-order valence-corrected chi connectivity index (χ2v) is 4.45. The van der Waals surface area contributed by atoms with E-state index in [2.05, 4.69) is 0 Å². The van der Waals surface area contributed by atoms with Crippen molar-refractivity contribution in [2.75, 3.05) is 0 Å². The van der Waals surface area contributed by atoms with Gasteiger partial charge in [-0.2, -0.15) is 0 Å². The Morgan fingerprint density at radius 3 is 0.769 bits per heavy atom. The SMILES string of the molecule is O=[Se](=O)([O-])O.O=[Se](=O)([O-])O.[Cs+].[Cs+].[Cs]. The fourth-order valence-corrected chi connectivity index (χ4v) is 0. The first-order valence-corrected chi connectivity index (χ1v) is 7.09. The first kappa shape index (κ1) is 31.6. The summed E-state index contributed by atoms with van der Waals surface area (Å²) in [5, 5.41) is 0. The van der Waals surface area contributed by atoms with Crippen molar-refractivity contribution in [3.05, 3.63) is 0 Å². The minimum absolute atomic E-state index is 0. The molecule has 0 aliphatic rings. The van der Waals surface area contributed by atoms with Crippen LogP contribution >= 0.6 is 0 Å². The average molecular weight is 687 g/mol. The summed E-state index contributed by atoms with van der Waals surface area (Å²) < 4.78 is 66.3. The third-order valence-corrected chi connectivity index (χ3v) is 0. The summed E-state index contributed by atoms with van der Waals surface area (Å²) in [5.41, 5.74) is 0. The van der Waals surface area contributed by atoms with Crippen molar-refractivity contribution >= 4 is 95.6 Å². The van der Waals surface area contributed by atoms with Gasteiger partial charge in [-0.1, -0.05) is 0 Å². The summed E-state index contributed by atoms with van der Waals surface area (Å²) in [7, 11) is 0. The van der Waals surface area contributed by atoms with Gasteiger partial charge < -0.3 is 0 Å². The molecule has 13 heavy (non-hydrogen) atoms. The summed E-state index contributed by atoms with van der Waals surface area (Å²) in [4.78, 5) is 0. The monoisotopic (exact) mass is 689 g/mol. The molecule has 0 amide bonds. The van der Waals surface area contributed by atoms with Crippen molar-refractivity contribution in [1.29, 1.82) is 0 Å². The van der Waals surface area contributed by atoms with E-state index in [-0.39, 0.29) is 207 Å². The predicted molar refractivity (Wildman–Crippen MR) is 24.4 cm³/mol. The first-order chi connectivity index (χ1) is 4.00. The molecule has 0 aliphatic heterocycles. The largest absolute Gasteiger partial charge is 1.00 e. The molecule has 0 unspecified atom stereocenters. The second-order valence-electron chi connectivity index (χ2n) is 0.855. The Morgan fingerprint density at radius 1 is 0.769 bits per heavy atom. The number of hydrogen-bond acceptors (Lipinski definition) is 6. The van der Waals surface area contributed by atoms with Gasteiger partial charge >= 0.3 is 197 Å². The van der Waals surface area contributed by atoms with Gasteiger partial charge in [0, 0.05) is 68.9 Å². The van der Waals surface area contributed by atoms with Crippen LogP contribution in [-0.2, 0) is 15.3 Å². The molecule has 1 radical (unpaired) electrons. The smallest absolute Gasteiger partial charge is 0 e. The minimum Gasteiger partial charge on any atom is 0 e. The van der Waals surface area contributed by atoms with Gasteiger partial charge in [0.25, 0.3) is 0 Å². The molecular formula is H2Cs3O8Se2. The molecule has 0 atom stereocenters. The molecule has 0 aromatic heterocycles. The van der Waals surface area contributed by atoms with Crippen LogP contribution in [0.1, 0.15) is 0 Å². The van der Waals surface area contributed by atoms with Gasteiger partial charge in [-0.3, -0.25) is 0 Å².